The van der Waals surface area contributed by atoms with E-state index < -0.39 is 18.3 Å². The van der Waals surface area contributed by atoms with Gasteiger partial charge in [0.15, 0.2) is 0 Å². The van der Waals surface area contributed by atoms with Crippen LogP contribution in [-0.2, 0) is 16.4 Å². The first-order valence-electron chi connectivity index (χ1n) is 7.03. The Kier molecular flexibility index (Phi) is 3.95. The van der Waals surface area contributed by atoms with Crippen molar-refractivity contribution >= 4 is 53.8 Å². The highest BCUT2D eigenvalue weighted by Crippen LogP contribution is 2.37. The predicted octanol–water partition coefficient (Wildman–Crippen LogP) is 2.49. The Labute approximate surface area is 146 Å². The predicted molar refractivity (Wildman–Crippen MR) is 99.9 cm³/mol. The first-order valence-corrected chi connectivity index (χ1v) is 10.3. The molecule has 1 aliphatic heterocycles. The van der Waals surface area contributed by atoms with Gasteiger partial charge in [0, 0.05) is 60.6 Å². The van der Waals surface area contributed by atoms with Crippen LogP contribution in [0.5, 0.6) is 0 Å². The second kappa shape index (κ2) is 5.29. The van der Waals surface area contributed by atoms with Gasteiger partial charge >= 0.3 is 7.12 Å². The van der Waals surface area contributed by atoms with Crippen LogP contribution in [0, 0.1) is 0 Å². The Balaban J connectivity index is 2.19. The van der Waals surface area contributed by atoms with Crippen LogP contribution in [0.15, 0.2) is 23.3 Å². The van der Waals surface area contributed by atoms with E-state index in [1.54, 1.807) is 11.6 Å². The molecule has 0 spiro atoms. The molecule has 118 valence electrons. The molecule has 1 fully saturated rings. The van der Waals surface area contributed by atoms with Crippen molar-refractivity contribution in [3.05, 3.63) is 28.8 Å². The molecule has 0 atom stereocenters. The third kappa shape index (κ3) is 2.35. The molecule has 0 bridgehead atoms. The fourth-order valence-electron chi connectivity index (χ4n) is 2.58. The Morgan fingerprint density at radius 2 is 1.82 bits per heavy atom. The van der Waals surface area contributed by atoms with Gasteiger partial charge in [0.05, 0.1) is 11.2 Å². The van der Waals surface area contributed by atoms with Crippen LogP contribution < -0.4 is 11.0 Å². The van der Waals surface area contributed by atoms with Gasteiger partial charge in [0.1, 0.15) is 5.52 Å². The van der Waals surface area contributed by atoms with E-state index in [2.05, 4.69) is 21.2 Å². The van der Waals surface area contributed by atoms with Crippen LogP contribution in [0.25, 0.3) is 10.9 Å². The number of rotatable bonds is 2. The van der Waals surface area contributed by atoms with Crippen LogP contribution in [-0.4, -0.2) is 26.9 Å². The van der Waals surface area contributed by atoms with Crippen molar-refractivity contribution in [2.45, 2.75) is 38.9 Å². The summed E-state index contributed by atoms with van der Waals surface area (Å²) in [5.41, 5.74) is 0.719. The molecule has 0 unspecified atom stereocenters. The molecule has 0 aromatic carbocycles. The summed E-state index contributed by atoms with van der Waals surface area (Å²) in [6.07, 6.45) is 3.72. The molecule has 2 aromatic rings. The Morgan fingerprint density at radius 3 is 2.36 bits per heavy atom. The molecule has 1 saturated heterocycles. The molecule has 0 radical (unpaired) electrons. The Bertz CT molecular complexity index is 783. The summed E-state index contributed by atoms with van der Waals surface area (Å²) in [5.74, 6) is 0. The van der Waals surface area contributed by atoms with E-state index in [-0.39, 0.29) is 5.56 Å². The van der Waals surface area contributed by atoms with Gasteiger partial charge in [-0.15, -0.1) is 0 Å². The highest BCUT2D eigenvalue weighted by atomic mass is 127. The molecule has 3 rings (SSSR count). The number of aromatic nitrogens is 2. The highest BCUT2D eigenvalue weighted by Gasteiger charge is 2.52. The first kappa shape index (κ1) is 16.4. The van der Waals surface area contributed by atoms with E-state index in [4.69, 9.17) is 9.31 Å². The Morgan fingerprint density at radius 1 is 1.23 bits per heavy atom. The third-order valence-electron chi connectivity index (χ3n) is 4.60. The Hall–Kier alpha value is -0.445. The molecule has 0 saturated carbocycles. The van der Waals surface area contributed by atoms with Gasteiger partial charge in [-0.2, -0.15) is 0 Å². The van der Waals surface area contributed by atoms with E-state index >= 15 is 0 Å². The average molecular weight is 432 g/mol. The fourth-order valence-corrected chi connectivity index (χ4v) is 3.91. The molecule has 1 aliphatic rings. The summed E-state index contributed by atoms with van der Waals surface area (Å²) in [5, 5.41) is 0.880. The molecule has 22 heavy (non-hydrogen) atoms. The number of nitrogens with zero attached hydrogens (tertiary/aromatic N) is 2. The van der Waals surface area contributed by atoms with E-state index in [9.17, 15) is 4.79 Å². The molecular weight excluding hydrogens is 414 g/mol. The molecule has 0 aliphatic carbocycles. The van der Waals surface area contributed by atoms with Crippen LogP contribution in [0.4, 0.5) is 0 Å². The summed E-state index contributed by atoms with van der Waals surface area (Å²) in [6.45, 7) is 8.10. The van der Waals surface area contributed by atoms with Gasteiger partial charge in [-0.3, -0.25) is 8.77 Å². The topological polar surface area (TPSA) is 45.4 Å². The number of pyridine rings is 1. The largest absolute Gasteiger partial charge is 0.497 e. The lowest BCUT2D eigenvalue weighted by molar-refractivity contribution is 0.00578. The number of hydrogen-bond acceptors (Lipinski definition) is 4. The van der Waals surface area contributed by atoms with Gasteiger partial charge in [-0.25, -0.2) is 0 Å². The van der Waals surface area contributed by atoms with E-state index in [0.29, 0.717) is 5.52 Å². The average Bonchev–Trinajstić information content (AvgIpc) is 2.93. The van der Waals surface area contributed by atoms with Crippen LogP contribution in [0.3, 0.4) is 0 Å². The molecule has 8 heteroatoms. The van der Waals surface area contributed by atoms with Crippen molar-refractivity contribution < 1.29 is 9.31 Å². The normalized spacial score (nSPS) is 20.0. The van der Waals surface area contributed by atoms with E-state index in [1.807, 2.05) is 50.1 Å². The highest BCUT2D eigenvalue weighted by molar-refractivity contribution is 14.2. The number of hydrogen-bond donors (Lipinski definition) is 0. The maximum Gasteiger partial charge on any atom is 0.497 e. The maximum absolute atomic E-state index is 12.4. The van der Waals surface area contributed by atoms with Gasteiger partial charge in [0.2, 0.25) is 0 Å². The van der Waals surface area contributed by atoms with Crippen molar-refractivity contribution in [2.75, 3.05) is 0 Å². The van der Waals surface area contributed by atoms with Crippen molar-refractivity contribution in [3.8, 4) is 0 Å². The molecule has 2 aromatic heterocycles. The van der Waals surface area contributed by atoms with Gasteiger partial charge in [-0.05, 0) is 33.8 Å². The van der Waals surface area contributed by atoms with Crippen molar-refractivity contribution in [3.63, 3.8) is 0 Å². The molecule has 0 N–H and O–H groups in total. The number of halogens is 1. The minimum Gasteiger partial charge on any atom is -0.399 e. The van der Waals surface area contributed by atoms with Crippen LogP contribution >= 0.6 is 30.3 Å². The van der Waals surface area contributed by atoms with Gasteiger partial charge in [0.25, 0.3) is 5.56 Å². The SMILES string of the molecule is Cn1cc(B2OC(C)(C)C(C)(C)O2)c2ccn(SI)c2c1=O. The van der Waals surface area contributed by atoms with E-state index in [1.165, 1.54) is 9.12 Å². The maximum atomic E-state index is 12.4. The van der Waals surface area contributed by atoms with Gasteiger partial charge < -0.3 is 13.9 Å². The molecular formula is C14H18BIN2O3S. The van der Waals surface area contributed by atoms with Crippen molar-refractivity contribution in [1.82, 2.24) is 8.54 Å². The zero-order valence-corrected chi connectivity index (χ0v) is 16.2. The number of fused-ring (bicyclic) bond motifs is 1. The lowest BCUT2D eigenvalue weighted by Gasteiger charge is -2.32. The zero-order chi connectivity index (χ0) is 16.3. The van der Waals surface area contributed by atoms with Gasteiger partial charge in [-0.1, -0.05) is 0 Å². The van der Waals surface area contributed by atoms with Crippen LogP contribution in [0.2, 0.25) is 0 Å². The summed E-state index contributed by atoms with van der Waals surface area (Å²) in [6, 6.07) is 1.95. The smallest absolute Gasteiger partial charge is 0.399 e. The van der Waals surface area contributed by atoms with Crippen LogP contribution in [0.1, 0.15) is 27.7 Å². The first-order chi connectivity index (χ1) is 10.2. The minimum absolute atomic E-state index is 0.0237. The quantitative estimate of drug-likeness (QED) is 0.541. The summed E-state index contributed by atoms with van der Waals surface area (Å²) in [4.78, 5) is 12.4. The third-order valence-corrected chi connectivity index (χ3v) is 6.33. The summed E-state index contributed by atoms with van der Waals surface area (Å²) in [7, 11) is 2.75. The molecule has 5 nitrogen and oxygen atoms in total. The zero-order valence-electron chi connectivity index (χ0n) is 13.2. The van der Waals surface area contributed by atoms with Crippen molar-refractivity contribution in [2.24, 2.45) is 7.05 Å². The summed E-state index contributed by atoms with van der Waals surface area (Å²) < 4.78 is 15.7. The molecule has 3 heterocycles. The lowest BCUT2D eigenvalue weighted by Crippen LogP contribution is -2.41. The van der Waals surface area contributed by atoms with E-state index in [0.717, 1.165) is 10.8 Å². The fraction of sp³-hybridized carbons (Fsp3) is 0.500. The molecule has 0 amide bonds. The second-order valence-electron chi connectivity index (χ2n) is 6.56. The number of aryl methyl sites for hydroxylation is 1. The van der Waals surface area contributed by atoms with Crippen molar-refractivity contribution in [1.29, 1.82) is 0 Å². The monoisotopic (exact) mass is 432 g/mol. The standard InChI is InChI=1S/C14H18BIN2O3S/c1-13(2)14(3,4)21-15(20-13)10-8-17(5)12(19)11-9(10)6-7-18(11)22-16/h6-8H,1-5H3. The lowest BCUT2D eigenvalue weighted by atomic mass is 9.78. The second-order valence-corrected chi connectivity index (χ2v) is 8.27. The summed E-state index contributed by atoms with van der Waals surface area (Å²) >= 11 is 2.17. The minimum atomic E-state index is -0.477.